The molecule has 1 N–H and O–H groups in total. The Kier molecular flexibility index (Phi) is 6.02. The molecule has 0 aromatic carbocycles. The first kappa shape index (κ1) is 15.5. The van der Waals surface area contributed by atoms with E-state index in [0.29, 0.717) is 12.3 Å². The van der Waals surface area contributed by atoms with Crippen LogP contribution >= 0.6 is 0 Å². The molecule has 2 rings (SSSR count). The van der Waals surface area contributed by atoms with Gasteiger partial charge in [0, 0.05) is 13.0 Å². The third-order valence-electron chi connectivity index (χ3n) is 4.66. The minimum absolute atomic E-state index is 0.252. The molecular formula is C16H29N3O. The van der Waals surface area contributed by atoms with E-state index in [0.717, 1.165) is 24.7 Å². The van der Waals surface area contributed by atoms with Crippen molar-refractivity contribution in [3.05, 3.63) is 12.2 Å². The molecule has 0 spiro atoms. The largest absolute Gasteiger partial charge is 0.392 e. The second kappa shape index (κ2) is 7.77. The lowest BCUT2D eigenvalue weighted by molar-refractivity contribution is 0.0703. The van der Waals surface area contributed by atoms with Gasteiger partial charge in [-0.25, -0.2) is 4.98 Å². The summed E-state index contributed by atoms with van der Waals surface area (Å²) in [4.78, 5) is 4.31. The number of aliphatic hydroxyl groups is 1. The average Bonchev–Trinajstić information content (AvgIpc) is 2.88. The highest BCUT2D eigenvalue weighted by atomic mass is 16.3. The van der Waals surface area contributed by atoms with E-state index in [9.17, 15) is 5.11 Å². The van der Waals surface area contributed by atoms with Crippen LogP contribution in [0.5, 0.6) is 0 Å². The van der Waals surface area contributed by atoms with Gasteiger partial charge in [0.2, 0.25) is 0 Å². The first-order valence-corrected chi connectivity index (χ1v) is 8.29. The minimum Gasteiger partial charge on any atom is -0.392 e. The molecule has 1 heterocycles. The fourth-order valence-electron chi connectivity index (χ4n) is 3.47. The number of hydrogen-bond acceptors (Lipinski definition) is 3. The van der Waals surface area contributed by atoms with E-state index in [-0.39, 0.29) is 6.10 Å². The number of rotatable bonds is 7. The molecule has 1 aliphatic rings. The number of aliphatic hydroxyl groups excluding tert-OH is 1. The molecule has 0 amide bonds. The summed E-state index contributed by atoms with van der Waals surface area (Å²) < 4.78 is 1.94. The SMILES string of the molecule is CCCC1CCC(C(O)Cc2ncnn2CCC)CC1. The van der Waals surface area contributed by atoms with Crippen LogP contribution in [-0.2, 0) is 13.0 Å². The highest BCUT2D eigenvalue weighted by molar-refractivity contribution is 4.90. The van der Waals surface area contributed by atoms with E-state index in [2.05, 4.69) is 23.9 Å². The summed E-state index contributed by atoms with van der Waals surface area (Å²) in [6.45, 7) is 5.30. The molecule has 4 heteroatoms. The van der Waals surface area contributed by atoms with Gasteiger partial charge >= 0.3 is 0 Å². The third-order valence-corrected chi connectivity index (χ3v) is 4.66. The van der Waals surface area contributed by atoms with Crippen molar-refractivity contribution in [2.45, 2.75) is 77.9 Å². The highest BCUT2D eigenvalue weighted by Gasteiger charge is 2.27. The van der Waals surface area contributed by atoms with Crippen molar-refractivity contribution in [1.82, 2.24) is 14.8 Å². The fraction of sp³-hybridized carbons (Fsp3) is 0.875. The maximum Gasteiger partial charge on any atom is 0.138 e. The predicted octanol–water partition coefficient (Wildman–Crippen LogP) is 3.20. The Hall–Kier alpha value is -0.900. The zero-order valence-electron chi connectivity index (χ0n) is 13.0. The van der Waals surface area contributed by atoms with E-state index in [1.807, 2.05) is 4.68 Å². The molecule has 0 bridgehead atoms. The lowest BCUT2D eigenvalue weighted by atomic mass is 9.77. The molecule has 1 aromatic heterocycles. The number of aromatic nitrogens is 3. The lowest BCUT2D eigenvalue weighted by Gasteiger charge is -2.31. The second-order valence-corrected chi connectivity index (χ2v) is 6.24. The smallest absolute Gasteiger partial charge is 0.138 e. The van der Waals surface area contributed by atoms with Crippen LogP contribution in [0, 0.1) is 11.8 Å². The summed E-state index contributed by atoms with van der Waals surface area (Å²) in [5.41, 5.74) is 0. The van der Waals surface area contributed by atoms with E-state index >= 15 is 0 Å². The van der Waals surface area contributed by atoms with Gasteiger partial charge in [-0.05, 0) is 31.1 Å². The Balaban J connectivity index is 1.83. The van der Waals surface area contributed by atoms with E-state index in [1.54, 1.807) is 6.33 Å². The van der Waals surface area contributed by atoms with Gasteiger partial charge in [0.25, 0.3) is 0 Å². The summed E-state index contributed by atoms with van der Waals surface area (Å²) in [7, 11) is 0. The highest BCUT2D eigenvalue weighted by Crippen LogP contribution is 2.33. The lowest BCUT2D eigenvalue weighted by Crippen LogP contribution is -2.28. The van der Waals surface area contributed by atoms with Gasteiger partial charge < -0.3 is 5.11 Å². The summed E-state index contributed by atoms with van der Waals surface area (Å²) in [5.74, 6) is 2.29. The van der Waals surface area contributed by atoms with Gasteiger partial charge in [-0.3, -0.25) is 4.68 Å². The van der Waals surface area contributed by atoms with Crippen LogP contribution in [0.3, 0.4) is 0 Å². The zero-order chi connectivity index (χ0) is 14.4. The van der Waals surface area contributed by atoms with Crippen molar-refractivity contribution >= 4 is 0 Å². The molecule has 1 saturated carbocycles. The van der Waals surface area contributed by atoms with Crippen LogP contribution in [0.1, 0.15) is 64.6 Å². The number of nitrogens with zero attached hydrogens (tertiary/aromatic N) is 3. The zero-order valence-corrected chi connectivity index (χ0v) is 13.0. The Morgan fingerprint density at radius 1 is 1.25 bits per heavy atom. The molecule has 4 nitrogen and oxygen atoms in total. The normalized spacial score (nSPS) is 24.8. The van der Waals surface area contributed by atoms with Crippen LogP contribution in [0.25, 0.3) is 0 Å². The van der Waals surface area contributed by atoms with Crippen LogP contribution in [-0.4, -0.2) is 26.0 Å². The quantitative estimate of drug-likeness (QED) is 0.834. The van der Waals surface area contributed by atoms with Gasteiger partial charge in [-0.15, -0.1) is 0 Å². The predicted molar refractivity (Wildman–Crippen MR) is 80.4 cm³/mol. The van der Waals surface area contributed by atoms with E-state index < -0.39 is 0 Å². The van der Waals surface area contributed by atoms with Gasteiger partial charge in [0.05, 0.1) is 6.10 Å². The summed E-state index contributed by atoms with van der Waals surface area (Å²) in [6.07, 6.45) is 10.6. The molecule has 1 unspecified atom stereocenters. The summed E-state index contributed by atoms with van der Waals surface area (Å²) >= 11 is 0. The van der Waals surface area contributed by atoms with Crippen LogP contribution in [0.2, 0.25) is 0 Å². The van der Waals surface area contributed by atoms with Gasteiger partial charge in [-0.1, -0.05) is 39.5 Å². The van der Waals surface area contributed by atoms with Crippen LogP contribution in [0.4, 0.5) is 0 Å². The number of hydrogen-bond donors (Lipinski definition) is 1. The van der Waals surface area contributed by atoms with Crippen molar-refractivity contribution in [3.8, 4) is 0 Å². The van der Waals surface area contributed by atoms with Crippen LogP contribution in [0.15, 0.2) is 6.33 Å². The molecule has 1 aromatic rings. The molecule has 1 fully saturated rings. The third kappa shape index (κ3) is 4.05. The van der Waals surface area contributed by atoms with E-state index in [1.165, 1.54) is 38.5 Å². The van der Waals surface area contributed by atoms with Crippen molar-refractivity contribution < 1.29 is 5.11 Å². The van der Waals surface area contributed by atoms with Crippen molar-refractivity contribution in [1.29, 1.82) is 0 Å². The first-order chi connectivity index (χ1) is 9.74. The second-order valence-electron chi connectivity index (χ2n) is 6.24. The molecule has 0 radical (unpaired) electrons. The Labute approximate surface area is 122 Å². The molecule has 0 saturated heterocycles. The molecule has 0 aliphatic heterocycles. The Morgan fingerprint density at radius 3 is 2.65 bits per heavy atom. The monoisotopic (exact) mass is 279 g/mol. The molecule has 1 aliphatic carbocycles. The average molecular weight is 279 g/mol. The summed E-state index contributed by atoms with van der Waals surface area (Å²) in [6, 6.07) is 0. The van der Waals surface area contributed by atoms with Gasteiger partial charge in [0.1, 0.15) is 12.2 Å². The number of aryl methyl sites for hydroxylation is 1. The molecule has 114 valence electrons. The maximum absolute atomic E-state index is 10.5. The standard InChI is InChI=1S/C16H29N3O/c1-3-5-13-6-8-14(9-7-13)15(20)11-16-17-12-18-19(16)10-4-2/h12-15,20H,3-11H2,1-2H3. The van der Waals surface area contributed by atoms with Crippen molar-refractivity contribution in [2.75, 3.05) is 0 Å². The fourth-order valence-corrected chi connectivity index (χ4v) is 3.47. The van der Waals surface area contributed by atoms with Gasteiger partial charge in [-0.2, -0.15) is 5.10 Å². The molecular weight excluding hydrogens is 250 g/mol. The first-order valence-electron chi connectivity index (χ1n) is 8.29. The van der Waals surface area contributed by atoms with Crippen molar-refractivity contribution in [2.24, 2.45) is 11.8 Å². The summed E-state index contributed by atoms with van der Waals surface area (Å²) in [5, 5.41) is 14.7. The topological polar surface area (TPSA) is 50.9 Å². The Bertz CT molecular complexity index is 383. The minimum atomic E-state index is -0.252. The Morgan fingerprint density at radius 2 is 2.00 bits per heavy atom. The van der Waals surface area contributed by atoms with Gasteiger partial charge in [0.15, 0.2) is 0 Å². The van der Waals surface area contributed by atoms with Crippen molar-refractivity contribution in [3.63, 3.8) is 0 Å². The maximum atomic E-state index is 10.5. The molecule has 20 heavy (non-hydrogen) atoms. The van der Waals surface area contributed by atoms with E-state index in [4.69, 9.17) is 0 Å². The van der Waals surface area contributed by atoms with Crippen LogP contribution < -0.4 is 0 Å². The molecule has 1 atom stereocenters.